The molecule has 12 heteroatoms. The number of halogens is 5. The molecule has 2 aromatic carbocycles. The van der Waals surface area contributed by atoms with Crippen LogP contribution < -0.4 is 20.7 Å². The summed E-state index contributed by atoms with van der Waals surface area (Å²) in [4.78, 5) is 13.4. The topological polar surface area (TPSA) is 76.7 Å². The minimum atomic E-state index is -4.87. The molecular weight excluding hydrogens is 530 g/mol. The predicted octanol–water partition coefficient (Wildman–Crippen LogP) is 6.12. The Kier molecular flexibility index (Phi) is 8.53. The van der Waals surface area contributed by atoms with E-state index in [9.17, 15) is 31.3 Å². The molecule has 0 bridgehead atoms. The van der Waals surface area contributed by atoms with Crippen LogP contribution in [0.4, 0.5) is 33.3 Å². The maximum absolute atomic E-state index is 14.5. The van der Waals surface area contributed by atoms with Gasteiger partial charge in [0.25, 0.3) is 5.91 Å². The fourth-order valence-electron chi connectivity index (χ4n) is 4.99. The van der Waals surface area contributed by atoms with Crippen LogP contribution in [0.15, 0.2) is 30.3 Å². The molecule has 0 radical (unpaired) electrons. The lowest BCUT2D eigenvalue weighted by Gasteiger charge is -2.32. The molecule has 1 amide bonds. The fourth-order valence-corrected chi connectivity index (χ4v) is 7.08. The van der Waals surface area contributed by atoms with Crippen LogP contribution in [0.2, 0.25) is 0 Å². The van der Waals surface area contributed by atoms with Crippen LogP contribution in [0.25, 0.3) is 0 Å². The smallest absolute Gasteiger partial charge is 0.417 e. The van der Waals surface area contributed by atoms with Crippen molar-refractivity contribution in [1.29, 1.82) is 0 Å². The van der Waals surface area contributed by atoms with E-state index in [4.69, 9.17) is 9.47 Å². The first-order chi connectivity index (χ1) is 17.7. The van der Waals surface area contributed by atoms with E-state index >= 15 is 0 Å². The van der Waals surface area contributed by atoms with E-state index in [0.717, 1.165) is 26.2 Å². The van der Waals surface area contributed by atoms with Gasteiger partial charge in [0.1, 0.15) is 13.2 Å². The Hall–Kier alpha value is -2.65. The molecule has 0 saturated carbocycles. The van der Waals surface area contributed by atoms with Gasteiger partial charge < -0.3 is 24.7 Å². The zero-order valence-corrected chi connectivity index (χ0v) is 22.9. The van der Waals surface area contributed by atoms with Crippen molar-refractivity contribution in [2.24, 2.45) is 5.92 Å². The average molecular weight is 563 g/mol. The molecule has 0 aliphatic carbocycles. The van der Waals surface area contributed by atoms with Gasteiger partial charge in [0.15, 0.2) is 17.2 Å². The summed E-state index contributed by atoms with van der Waals surface area (Å²) in [5.41, 5.74) is -2.14. The Bertz CT molecular complexity index is 1250. The number of hydrogen-bond acceptors (Lipinski definition) is 5. The average Bonchev–Trinajstić information content (AvgIpc) is 3.16. The quantitative estimate of drug-likeness (QED) is 0.300. The Morgan fingerprint density at radius 1 is 1.16 bits per heavy atom. The van der Waals surface area contributed by atoms with E-state index in [2.05, 4.69) is 10.6 Å². The highest BCUT2D eigenvalue weighted by Gasteiger charge is 2.65. The van der Waals surface area contributed by atoms with Crippen LogP contribution in [0.1, 0.15) is 39.2 Å². The largest absolute Gasteiger partial charge is 0.493 e. The summed E-state index contributed by atoms with van der Waals surface area (Å²) in [5, 5.41) is 6.13. The summed E-state index contributed by atoms with van der Waals surface area (Å²) in [6.07, 6.45) is -5.71. The van der Waals surface area contributed by atoms with E-state index in [1.54, 1.807) is 19.2 Å². The first-order valence-electron chi connectivity index (χ1n) is 12.2. The molecular formula is C26H32F5N2O4P. The first kappa shape index (κ1) is 29.9. The number of alkyl halides is 3. The highest BCUT2D eigenvalue weighted by molar-refractivity contribution is 7.71. The summed E-state index contributed by atoms with van der Waals surface area (Å²) < 4.78 is 94.5. The highest BCUT2D eigenvalue weighted by Crippen LogP contribution is 2.55. The molecule has 2 aromatic rings. The third-order valence-corrected chi connectivity index (χ3v) is 10.9. The second-order valence-electron chi connectivity index (χ2n) is 9.43. The zero-order valence-electron chi connectivity index (χ0n) is 22.0. The molecule has 1 fully saturated rings. The Balaban J connectivity index is 2.06. The van der Waals surface area contributed by atoms with Gasteiger partial charge in [0.05, 0.1) is 7.11 Å². The number of methoxy groups -OCH3 is 1. The minimum absolute atomic E-state index is 0.120. The molecule has 6 nitrogen and oxygen atoms in total. The van der Waals surface area contributed by atoms with Crippen molar-refractivity contribution in [2.45, 2.75) is 51.5 Å². The normalized spacial score (nSPS) is 23.8. The van der Waals surface area contributed by atoms with Crippen LogP contribution in [-0.2, 0) is 14.1 Å². The molecule has 0 aromatic heterocycles. The third-order valence-electron chi connectivity index (χ3n) is 7.56. The molecule has 0 unspecified atom stereocenters. The van der Waals surface area contributed by atoms with Crippen LogP contribution in [0, 0.1) is 17.6 Å². The molecule has 2 N–H and O–H groups in total. The molecule has 38 heavy (non-hydrogen) atoms. The Labute approximate surface area is 218 Å². The van der Waals surface area contributed by atoms with Gasteiger partial charge in [-0.1, -0.05) is 26.8 Å². The van der Waals surface area contributed by atoms with Crippen molar-refractivity contribution >= 4 is 29.7 Å². The van der Waals surface area contributed by atoms with E-state index in [1.165, 1.54) is 13.0 Å². The van der Waals surface area contributed by atoms with Gasteiger partial charge in [0.2, 0.25) is 5.82 Å². The number of nitrogens with one attached hydrogen (secondary N) is 2. The van der Waals surface area contributed by atoms with E-state index in [1.807, 2.05) is 13.8 Å². The summed E-state index contributed by atoms with van der Waals surface area (Å²) in [5.74, 6) is -6.81. The maximum Gasteiger partial charge on any atom is 0.417 e. The minimum Gasteiger partial charge on any atom is -0.493 e. The van der Waals surface area contributed by atoms with Crippen molar-refractivity contribution in [3.8, 4) is 5.75 Å². The summed E-state index contributed by atoms with van der Waals surface area (Å²) in [6, 6.07) is 6.55. The summed E-state index contributed by atoms with van der Waals surface area (Å²) >= 11 is 0. The molecule has 4 atom stereocenters. The highest BCUT2D eigenvalue weighted by atomic mass is 31.2. The van der Waals surface area contributed by atoms with E-state index < -0.39 is 60.2 Å². The third kappa shape index (κ3) is 5.02. The number of hydrogen-bond donors (Lipinski definition) is 2. The Morgan fingerprint density at radius 3 is 2.32 bits per heavy atom. The summed E-state index contributed by atoms with van der Waals surface area (Å²) in [7, 11) is 0.00918. The number of carbonyl (C=O) groups excluding carboxylic acids is 1. The SMILES string of the molecule is CCP(=O)(CC)c1ccc(NC(=O)[C@@H]2O[C@](C)(C(F)(F)F)[C@@H](C)[C@H]2c2ccc(F)c(F)c2OC)cc1NC. The lowest BCUT2D eigenvalue weighted by Crippen LogP contribution is -2.47. The van der Waals surface area contributed by atoms with Gasteiger partial charge in [-0.25, -0.2) is 4.39 Å². The first-order valence-corrected chi connectivity index (χ1v) is 14.2. The van der Waals surface area contributed by atoms with Crippen molar-refractivity contribution in [2.75, 3.05) is 37.1 Å². The van der Waals surface area contributed by atoms with Gasteiger partial charge in [-0.15, -0.1) is 0 Å². The van der Waals surface area contributed by atoms with Crippen LogP contribution >= 0.6 is 7.14 Å². The standard InChI is InChI=1S/C26H32F5N2O4P/c1-7-38(35,8-2)19-12-9-15(13-18(19)32-5)33-24(34)23-20(14(3)25(4,37-23)26(29,30)31)16-10-11-17(27)21(28)22(16)36-6/h9-14,20,23,32H,7-8H2,1-6H3,(H,33,34)/t14-,20-,23+,25-/m0/s1. The van der Waals surface area contributed by atoms with E-state index in [0.29, 0.717) is 23.3 Å². The number of carbonyl (C=O) groups is 1. The van der Waals surface area contributed by atoms with Gasteiger partial charge in [-0.05, 0) is 31.2 Å². The predicted molar refractivity (Wildman–Crippen MR) is 137 cm³/mol. The number of amides is 1. The Morgan fingerprint density at radius 2 is 1.79 bits per heavy atom. The molecule has 0 spiro atoms. The van der Waals surface area contributed by atoms with Crippen molar-refractivity contribution in [3.05, 3.63) is 47.5 Å². The van der Waals surface area contributed by atoms with Crippen LogP contribution in [0.3, 0.4) is 0 Å². The lowest BCUT2D eigenvalue weighted by molar-refractivity contribution is -0.272. The zero-order chi connectivity index (χ0) is 28.6. The molecule has 210 valence electrons. The van der Waals surface area contributed by atoms with Gasteiger partial charge in [0, 0.05) is 53.5 Å². The maximum atomic E-state index is 14.5. The molecule has 1 saturated heterocycles. The van der Waals surface area contributed by atoms with Gasteiger partial charge in [-0.2, -0.15) is 17.6 Å². The van der Waals surface area contributed by atoms with Crippen LogP contribution in [-0.4, -0.2) is 50.3 Å². The summed E-state index contributed by atoms with van der Waals surface area (Å²) in [6.45, 7) is 5.71. The number of ether oxygens (including phenoxy) is 2. The van der Waals surface area contributed by atoms with Crippen molar-refractivity contribution in [3.63, 3.8) is 0 Å². The monoisotopic (exact) mass is 562 g/mol. The van der Waals surface area contributed by atoms with Crippen LogP contribution in [0.5, 0.6) is 5.75 Å². The fraction of sp³-hybridized carbons (Fsp3) is 0.500. The molecule has 1 aliphatic heterocycles. The number of rotatable bonds is 8. The molecule has 1 heterocycles. The molecule has 3 rings (SSSR count). The van der Waals surface area contributed by atoms with Gasteiger partial charge in [-0.3, -0.25) is 4.79 Å². The van der Waals surface area contributed by atoms with Crippen molar-refractivity contribution in [1.82, 2.24) is 0 Å². The number of benzene rings is 2. The molecule has 1 aliphatic rings. The number of anilines is 2. The van der Waals surface area contributed by atoms with Gasteiger partial charge >= 0.3 is 6.18 Å². The second kappa shape index (κ2) is 10.8. The van der Waals surface area contributed by atoms with E-state index in [-0.39, 0.29) is 11.3 Å². The lowest BCUT2D eigenvalue weighted by atomic mass is 9.77. The second-order valence-corrected chi connectivity index (χ2v) is 13.0. The van der Waals surface area contributed by atoms with Crippen molar-refractivity contribution < 1.29 is 40.8 Å².